The van der Waals surface area contributed by atoms with E-state index in [9.17, 15) is 9.59 Å². The zero-order valence-corrected chi connectivity index (χ0v) is 12.3. The number of carboxylic acids is 1. The Morgan fingerprint density at radius 2 is 2.00 bits per heavy atom. The predicted molar refractivity (Wildman–Crippen MR) is 73.2 cm³/mol. The Labute approximate surface area is 118 Å². The Morgan fingerprint density at radius 1 is 1.35 bits per heavy atom. The molecule has 114 valence electrons. The van der Waals surface area contributed by atoms with Gasteiger partial charge in [0, 0.05) is 6.04 Å². The highest BCUT2D eigenvalue weighted by Crippen LogP contribution is 2.62. The molecule has 2 rings (SSSR count). The van der Waals surface area contributed by atoms with Crippen molar-refractivity contribution in [1.82, 2.24) is 10.6 Å². The largest absolute Gasteiger partial charge is 0.479 e. The molecule has 0 aliphatic heterocycles. The maximum atomic E-state index is 11.9. The van der Waals surface area contributed by atoms with Crippen molar-refractivity contribution >= 4 is 12.0 Å². The Kier molecular flexibility index (Phi) is 3.71. The van der Waals surface area contributed by atoms with Gasteiger partial charge < -0.3 is 20.8 Å². The number of aliphatic hydroxyl groups excluding tert-OH is 1. The van der Waals surface area contributed by atoms with Gasteiger partial charge in [-0.05, 0) is 36.0 Å². The summed E-state index contributed by atoms with van der Waals surface area (Å²) in [6.45, 7) is 6.28. The maximum absolute atomic E-state index is 11.9. The van der Waals surface area contributed by atoms with Crippen LogP contribution >= 0.6 is 0 Å². The van der Waals surface area contributed by atoms with E-state index in [0.717, 1.165) is 12.8 Å². The number of carboxylic acid groups (broad SMARTS) is 1. The predicted octanol–water partition coefficient (Wildman–Crippen LogP) is 0.946. The van der Waals surface area contributed by atoms with Crippen molar-refractivity contribution < 1.29 is 19.8 Å². The van der Waals surface area contributed by atoms with Gasteiger partial charge in [-0.1, -0.05) is 20.8 Å². The van der Waals surface area contributed by atoms with Gasteiger partial charge in [0.2, 0.25) is 0 Å². The minimum Gasteiger partial charge on any atom is -0.479 e. The molecule has 4 N–H and O–H groups in total. The molecule has 2 amide bonds. The zero-order chi connectivity index (χ0) is 15.1. The van der Waals surface area contributed by atoms with Crippen LogP contribution in [-0.2, 0) is 4.79 Å². The summed E-state index contributed by atoms with van der Waals surface area (Å²) < 4.78 is 0. The van der Waals surface area contributed by atoms with Crippen molar-refractivity contribution in [2.24, 2.45) is 16.7 Å². The lowest BCUT2D eigenvalue weighted by Crippen LogP contribution is -2.55. The number of carbonyl (C=O) groups excluding carboxylic acids is 1. The molecular formula is C14H24N2O4. The summed E-state index contributed by atoms with van der Waals surface area (Å²) in [5.74, 6) is -0.708. The van der Waals surface area contributed by atoms with Crippen molar-refractivity contribution in [3.8, 4) is 0 Å². The topological polar surface area (TPSA) is 98.7 Å². The maximum Gasteiger partial charge on any atom is 0.334 e. The summed E-state index contributed by atoms with van der Waals surface area (Å²) >= 11 is 0. The SMILES string of the molecule is CC12CCC(C1)C(C)(C)C2NC(=O)NCC(O)C(=O)O. The Balaban J connectivity index is 1.93. The molecule has 0 aromatic carbocycles. The number of fused-ring (bicyclic) bond motifs is 2. The number of nitrogens with one attached hydrogen (secondary N) is 2. The van der Waals surface area contributed by atoms with Gasteiger partial charge in [-0.3, -0.25) is 0 Å². The van der Waals surface area contributed by atoms with E-state index in [1.165, 1.54) is 6.42 Å². The Hall–Kier alpha value is -1.30. The van der Waals surface area contributed by atoms with E-state index in [-0.39, 0.29) is 23.4 Å². The Bertz CT molecular complexity index is 419. The van der Waals surface area contributed by atoms with Crippen molar-refractivity contribution in [3.63, 3.8) is 0 Å². The quantitative estimate of drug-likeness (QED) is 0.617. The van der Waals surface area contributed by atoms with E-state index in [0.29, 0.717) is 5.92 Å². The lowest BCUT2D eigenvalue weighted by atomic mass is 9.68. The van der Waals surface area contributed by atoms with E-state index in [1.807, 2.05) is 0 Å². The number of amides is 2. The molecule has 0 aromatic heterocycles. The number of hydrogen-bond acceptors (Lipinski definition) is 3. The van der Waals surface area contributed by atoms with Crippen molar-refractivity contribution in [2.75, 3.05) is 6.54 Å². The molecule has 0 heterocycles. The van der Waals surface area contributed by atoms with Gasteiger partial charge in [0.15, 0.2) is 6.10 Å². The smallest absolute Gasteiger partial charge is 0.334 e. The first-order chi connectivity index (χ1) is 9.17. The summed E-state index contributed by atoms with van der Waals surface area (Å²) in [5.41, 5.74) is 0.173. The van der Waals surface area contributed by atoms with Gasteiger partial charge in [0.05, 0.1) is 6.54 Å². The molecule has 4 atom stereocenters. The van der Waals surface area contributed by atoms with Crippen molar-refractivity contribution in [2.45, 2.75) is 52.2 Å². The van der Waals surface area contributed by atoms with E-state index in [4.69, 9.17) is 10.2 Å². The summed E-state index contributed by atoms with van der Waals surface area (Å²) in [5, 5.41) is 23.1. The molecule has 20 heavy (non-hydrogen) atoms. The second-order valence-corrected chi connectivity index (χ2v) is 7.06. The van der Waals surface area contributed by atoms with Crippen LogP contribution in [0.3, 0.4) is 0 Å². The van der Waals surface area contributed by atoms with Gasteiger partial charge in [-0.15, -0.1) is 0 Å². The summed E-state index contributed by atoms with van der Waals surface area (Å²) in [7, 11) is 0. The third-order valence-electron chi connectivity index (χ3n) is 5.29. The zero-order valence-electron chi connectivity index (χ0n) is 12.3. The lowest BCUT2D eigenvalue weighted by molar-refractivity contribution is -0.146. The highest BCUT2D eigenvalue weighted by molar-refractivity contribution is 5.77. The molecule has 2 aliphatic carbocycles. The second-order valence-electron chi connectivity index (χ2n) is 7.06. The molecule has 2 bridgehead atoms. The van der Waals surface area contributed by atoms with Crippen LogP contribution in [-0.4, -0.2) is 40.9 Å². The highest BCUT2D eigenvalue weighted by Gasteiger charge is 2.59. The standard InChI is InChI=1S/C14H24N2O4/c1-13(2)8-4-5-14(3,6-8)11(13)16-12(20)15-7-9(17)10(18)19/h8-9,11,17H,4-7H2,1-3H3,(H,18,19)(H2,15,16,20). The van der Waals surface area contributed by atoms with E-state index < -0.39 is 18.1 Å². The fourth-order valence-electron chi connectivity index (χ4n) is 4.12. The van der Waals surface area contributed by atoms with Gasteiger partial charge in [0.25, 0.3) is 0 Å². The molecule has 0 aromatic rings. The molecular weight excluding hydrogens is 260 g/mol. The molecule has 2 fully saturated rings. The van der Waals surface area contributed by atoms with Crippen LogP contribution in [0, 0.1) is 16.7 Å². The minimum absolute atomic E-state index is 0.0513. The summed E-state index contributed by atoms with van der Waals surface area (Å²) in [4.78, 5) is 22.4. The van der Waals surface area contributed by atoms with Crippen LogP contribution in [0.25, 0.3) is 0 Å². The first kappa shape index (κ1) is 15.1. The normalized spacial score (nSPS) is 35.6. The first-order valence-electron chi connectivity index (χ1n) is 7.12. The number of aliphatic carboxylic acids is 1. The van der Waals surface area contributed by atoms with Crippen LogP contribution in [0.1, 0.15) is 40.0 Å². The number of urea groups is 1. The van der Waals surface area contributed by atoms with Gasteiger partial charge in [0.1, 0.15) is 0 Å². The van der Waals surface area contributed by atoms with Crippen LogP contribution in [0.4, 0.5) is 4.79 Å². The van der Waals surface area contributed by atoms with E-state index in [2.05, 4.69) is 31.4 Å². The van der Waals surface area contributed by atoms with Gasteiger partial charge in [-0.2, -0.15) is 0 Å². The molecule has 6 nitrogen and oxygen atoms in total. The first-order valence-corrected chi connectivity index (χ1v) is 7.12. The number of rotatable bonds is 4. The molecule has 2 aliphatic rings. The monoisotopic (exact) mass is 284 g/mol. The minimum atomic E-state index is -1.57. The fourth-order valence-corrected chi connectivity index (χ4v) is 4.12. The van der Waals surface area contributed by atoms with Crippen LogP contribution < -0.4 is 10.6 Å². The third kappa shape index (κ3) is 2.49. The average molecular weight is 284 g/mol. The van der Waals surface area contributed by atoms with E-state index >= 15 is 0 Å². The molecule has 6 heteroatoms. The van der Waals surface area contributed by atoms with Gasteiger partial charge >= 0.3 is 12.0 Å². The summed E-state index contributed by atoms with van der Waals surface area (Å²) in [6.07, 6.45) is 1.89. The molecule has 4 unspecified atom stereocenters. The van der Waals surface area contributed by atoms with Gasteiger partial charge in [-0.25, -0.2) is 9.59 Å². The van der Waals surface area contributed by atoms with E-state index in [1.54, 1.807) is 0 Å². The van der Waals surface area contributed by atoms with Crippen LogP contribution in [0.2, 0.25) is 0 Å². The third-order valence-corrected chi connectivity index (χ3v) is 5.29. The Morgan fingerprint density at radius 3 is 2.50 bits per heavy atom. The van der Waals surface area contributed by atoms with Crippen molar-refractivity contribution in [1.29, 1.82) is 0 Å². The molecule has 2 saturated carbocycles. The number of hydrogen-bond donors (Lipinski definition) is 4. The highest BCUT2D eigenvalue weighted by atomic mass is 16.4. The average Bonchev–Trinajstić information content (AvgIpc) is 2.82. The molecule has 0 spiro atoms. The summed E-state index contributed by atoms with van der Waals surface area (Å²) in [6, 6.07) is -0.326. The number of carbonyl (C=O) groups is 2. The lowest BCUT2D eigenvalue weighted by Gasteiger charge is -2.43. The second kappa shape index (κ2) is 4.91. The molecule has 0 saturated heterocycles. The number of aliphatic hydroxyl groups is 1. The van der Waals surface area contributed by atoms with Crippen molar-refractivity contribution in [3.05, 3.63) is 0 Å². The van der Waals surface area contributed by atoms with Crippen LogP contribution in [0.5, 0.6) is 0 Å². The molecule has 0 radical (unpaired) electrons. The van der Waals surface area contributed by atoms with Crippen LogP contribution in [0.15, 0.2) is 0 Å². The fraction of sp³-hybridized carbons (Fsp3) is 0.857.